The van der Waals surface area contributed by atoms with Crippen molar-refractivity contribution in [1.29, 1.82) is 0 Å². The van der Waals surface area contributed by atoms with Gasteiger partial charge in [0.25, 0.3) is 0 Å². The number of methoxy groups -OCH3 is 1. The zero-order valence-corrected chi connectivity index (χ0v) is 6.79. The Morgan fingerprint density at radius 3 is 2.45 bits per heavy atom. The molecule has 0 saturated carbocycles. The van der Waals surface area contributed by atoms with Crippen LogP contribution in [0.4, 0.5) is 0 Å². The molecule has 0 radical (unpaired) electrons. The van der Waals surface area contributed by atoms with Crippen LogP contribution in [0.2, 0.25) is 0 Å². The highest BCUT2D eigenvalue weighted by atomic mass is 16.5. The quantitative estimate of drug-likeness (QED) is 0.579. The van der Waals surface area contributed by atoms with Gasteiger partial charge in [0.15, 0.2) is 0 Å². The molecular formula is C7H13NO3. The average Bonchev–Trinajstić information content (AvgIpc) is 1.98. The van der Waals surface area contributed by atoms with Crippen LogP contribution in [0.3, 0.4) is 0 Å². The van der Waals surface area contributed by atoms with Gasteiger partial charge in [0.05, 0.1) is 7.11 Å². The summed E-state index contributed by atoms with van der Waals surface area (Å²) < 4.78 is 4.37. The monoisotopic (exact) mass is 159 g/mol. The second-order valence-corrected chi connectivity index (χ2v) is 2.37. The van der Waals surface area contributed by atoms with Gasteiger partial charge in [-0.3, -0.25) is 4.79 Å². The number of carbonyl (C=O) groups is 2. The first-order chi connectivity index (χ1) is 5.07. The molecule has 2 N–H and O–H groups in total. The lowest BCUT2D eigenvalue weighted by atomic mass is 10.1. The molecule has 0 spiro atoms. The van der Waals surface area contributed by atoms with E-state index in [9.17, 15) is 9.59 Å². The van der Waals surface area contributed by atoms with E-state index in [0.29, 0.717) is 12.8 Å². The topological polar surface area (TPSA) is 69.4 Å². The van der Waals surface area contributed by atoms with Crippen molar-refractivity contribution in [2.45, 2.75) is 25.8 Å². The van der Waals surface area contributed by atoms with Crippen molar-refractivity contribution >= 4 is 11.8 Å². The summed E-state index contributed by atoms with van der Waals surface area (Å²) in [5, 5.41) is 0. The molecule has 1 atom stereocenters. The van der Waals surface area contributed by atoms with Crippen molar-refractivity contribution < 1.29 is 14.3 Å². The van der Waals surface area contributed by atoms with E-state index >= 15 is 0 Å². The third-order valence-electron chi connectivity index (χ3n) is 1.31. The maximum Gasteiger partial charge on any atom is 0.322 e. The molecule has 0 aromatic carbocycles. The van der Waals surface area contributed by atoms with E-state index in [1.54, 1.807) is 0 Å². The fraction of sp³-hybridized carbons (Fsp3) is 0.714. The maximum atomic E-state index is 10.7. The Morgan fingerprint density at radius 2 is 2.09 bits per heavy atom. The number of rotatable bonds is 4. The number of ketones is 1. The van der Waals surface area contributed by atoms with E-state index in [2.05, 4.69) is 4.74 Å². The minimum absolute atomic E-state index is 0.0318. The van der Waals surface area contributed by atoms with Gasteiger partial charge in [-0.2, -0.15) is 0 Å². The fourth-order valence-electron chi connectivity index (χ4n) is 0.628. The molecule has 0 aliphatic carbocycles. The second-order valence-electron chi connectivity index (χ2n) is 2.37. The molecule has 0 aliphatic heterocycles. The van der Waals surface area contributed by atoms with Crippen LogP contribution in [-0.2, 0) is 14.3 Å². The number of hydrogen-bond acceptors (Lipinski definition) is 4. The molecule has 0 fully saturated rings. The SMILES string of the molecule is COC(=O)[C@H](N)CCC(C)=O. The molecular weight excluding hydrogens is 146 g/mol. The normalized spacial score (nSPS) is 12.3. The Bertz CT molecular complexity index is 156. The van der Waals surface area contributed by atoms with Gasteiger partial charge < -0.3 is 15.3 Å². The summed E-state index contributed by atoms with van der Waals surface area (Å²) in [5.74, 6) is -0.435. The van der Waals surface area contributed by atoms with Crippen LogP contribution < -0.4 is 5.73 Å². The minimum Gasteiger partial charge on any atom is -0.468 e. The van der Waals surface area contributed by atoms with Crippen LogP contribution in [0.25, 0.3) is 0 Å². The fourth-order valence-corrected chi connectivity index (χ4v) is 0.628. The standard InChI is InChI=1S/C7H13NO3/c1-5(9)3-4-6(8)7(10)11-2/h6H,3-4,8H2,1-2H3/t6-/m1/s1. The number of carbonyl (C=O) groups excluding carboxylic acids is 2. The minimum atomic E-state index is -0.663. The second kappa shape index (κ2) is 4.85. The molecule has 0 aromatic rings. The first-order valence-corrected chi connectivity index (χ1v) is 3.40. The average molecular weight is 159 g/mol. The smallest absolute Gasteiger partial charge is 0.322 e. The lowest BCUT2D eigenvalue weighted by Gasteiger charge is -2.06. The van der Waals surface area contributed by atoms with Crippen LogP contribution in [0.5, 0.6) is 0 Å². The largest absolute Gasteiger partial charge is 0.468 e. The number of esters is 1. The van der Waals surface area contributed by atoms with Gasteiger partial charge >= 0.3 is 5.97 Å². The molecule has 0 amide bonds. The van der Waals surface area contributed by atoms with E-state index < -0.39 is 12.0 Å². The summed E-state index contributed by atoms with van der Waals surface area (Å²) in [6.07, 6.45) is 0.693. The lowest BCUT2D eigenvalue weighted by molar-refractivity contribution is -0.142. The van der Waals surface area contributed by atoms with E-state index in [1.165, 1.54) is 14.0 Å². The van der Waals surface area contributed by atoms with Gasteiger partial charge in [-0.1, -0.05) is 0 Å². The Balaban J connectivity index is 3.60. The summed E-state index contributed by atoms with van der Waals surface area (Å²) in [7, 11) is 1.27. The third kappa shape index (κ3) is 4.50. The van der Waals surface area contributed by atoms with Gasteiger partial charge in [-0.25, -0.2) is 0 Å². The summed E-state index contributed by atoms with van der Waals surface area (Å²) in [6, 6.07) is -0.663. The van der Waals surface area contributed by atoms with Crippen molar-refractivity contribution in [2.75, 3.05) is 7.11 Å². The Morgan fingerprint density at radius 1 is 1.55 bits per heavy atom. The molecule has 0 aromatic heterocycles. The summed E-state index contributed by atoms with van der Waals surface area (Å²) in [6.45, 7) is 1.46. The number of Topliss-reactive ketones (excluding diaryl/α,β-unsaturated/α-hetero) is 1. The summed E-state index contributed by atoms with van der Waals surface area (Å²) in [4.78, 5) is 21.1. The highest BCUT2D eigenvalue weighted by Crippen LogP contribution is 1.96. The molecule has 0 rings (SSSR count). The highest BCUT2D eigenvalue weighted by molar-refractivity contribution is 5.78. The zero-order valence-electron chi connectivity index (χ0n) is 6.79. The Kier molecular flexibility index (Phi) is 4.45. The molecule has 4 nitrogen and oxygen atoms in total. The van der Waals surface area contributed by atoms with E-state index in [0.717, 1.165) is 0 Å². The molecule has 0 unspecified atom stereocenters. The Hall–Kier alpha value is -0.900. The van der Waals surface area contributed by atoms with Crippen LogP contribution in [-0.4, -0.2) is 24.9 Å². The van der Waals surface area contributed by atoms with Crippen molar-refractivity contribution in [3.63, 3.8) is 0 Å². The first kappa shape index (κ1) is 10.1. The van der Waals surface area contributed by atoms with Crippen molar-refractivity contribution in [3.05, 3.63) is 0 Å². The lowest BCUT2D eigenvalue weighted by Crippen LogP contribution is -2.31. The van der Waals surface area contributed by atoms with Crippen molar-refractivity contribution in [1.82, 2.24) is 0 Å². The predicted molar refractivity (Wildman–Crippen MR) is 39.9 cm³/mol. The first-order valence-electron chi connectivity index (χ1n) is 3.40. The molecule has 4 heteroatoms. The van der Waals surface area contributed by atoms with Crippen molar-refractivity contribution in [2.24, 2.45) is 5.73 Å². The van der Waals surface area contributed by atoms with Gasteiger partial charge in [-0.05, 0) is 13.3 Å². The number of ether oxygens (including phenoxy) is 1. The molecule has 0 saturated heterocycles. The van der Waals surface area contributed by atoms with E-state index in [4.69, 9.17) is 5.73 Å². The van der Waals surface area contributed by atoms with Gasteiger partial charge in [0, 0.05) is 6.42 Å². The van der Waals surface area contributed by atoms with Gasteiger partial charge in [0.1, 0.15) is 11.8 Å². The van der Waals surface area contributed by atoms with Gasteiger partial charge in [-0.15, -0.1) is 0 Å². The molecule has 0 heterocycles. The molecule has 0 bridgehead atoms. The maximum absolute atomic E-state index is 10.7. The summed E-state index contributed by atoms with van der Waals surface area (Å²) in [5.41, 5.74) is 5.35. The number of nitrogens with two attached hydrogens (primary N) is 1. The third-order valence-corrected chi connectivity index (χ3v) is 1.31. The molecule has 0 aliphatic rings. The van der Waals surface area contributed by atoms with E-state index in [1.807, 2.05) is 0 Å². The van der Waals surface area contributed by atoms with Crippen LogP contribution in [0.15, 0.2) is 0 Å². The summed E-state index contributed by atoms with van der Waals surface area (Å²) >= 11 is 0. The predicted octanol–water partition coefficient (Wildman–Crippen LogP) is -0.144. The van der Waals surface area contributed by atoms with Crippen LogP contribution in [0.1, 0.15) is 19.8 Å². The van der Waals surface area contributed by atoms with Crippen LogP contribution in [0, 0.1) is 0 Å². The Labute approximate surface area is 65.7 Å². The van der Waals surface area contributed by atoms with Crippen molar-refractivity contribution in [3.8, 4) is 0 Å². The zero-order chi connectivity index (χ0) is 8.85. The molecule has 64 valence electrons. The van der Waals surface area contributed by atoms with E-state index in [-0.39, 0.29) is 5.78 Å². The van der Waals surface area contributed by atoms with Gasteiger partial charge in [0.2, 0.25) is 0 Å². The molecule has 11 heavy (non-hydrogen) atoms. The highest BCUT2D eigenvalue weighted by Gasteiger charge is 2.13. The van der Waals surface area contributed by atoms with Crippen LogP contribution >= 0.6 is 0 Å². The number of hydrogen-bond donors (Lipinski definition) is 1.